The SMILES string of the molecule is C=CCCCCCCCCCCCCCCC1NC=C[N+]1(CC)CCNC(C)=O. The van der Waals surface area contributed by atoms with Crippen molar-refractivity contribution in [1.29, 1.82) is 0 Å². The predicted molar refractivity (Wildman–Crippen MR) is 125 cm³/mol. The Kier molecular flexibility index (Phi) is 14.6. The minimum atomic E-state index is 0.0652. The summed E-state index contributed by atoms with van der Waals surface area (Å²) in [4.78, 5) is 11.2. The fraction of sp³-hybridized carbons (Fsp3) is 0.800. The summed E-state index contributed by atoms with van der Waals surface area (Å²) in [5.74, 6) is 0.0652. The molecule has 2 atom stereocenters. The van der Waals surface area contributed by atoms with E-state index in [4.69, 9.17) is 0 Å². The molecule has 2 N–H and O–H groups in total. The molecule has 2 unspecified atom stereocenters. The third-order valence-corrected chi connectivity index (χ3v) is 6.41. The van der Waals surface area contributed by atoms with Crippen LogP contribution in [0.3, 0.4) is 0 Å². The molecule has 4 nitrogen and oxygen atoms in total. The van der Waals surface area contributed by atoms with Gasteiger partial charge in [-0.15, -0.1) is 6.58 Å². The third kappa shape index (κ3) is 11.5. The summed E-state index contributed by atoms with van der Waals surface area (Å²) in [6.07, 6.45) is 25.9. The quantitative estimate of drug-likeness (QED) is 0.157. The summed E-state index contributed by atoms with van der Waals surface area (Å²) in [5, 5.41) is 6.51. The second-order valence-electron chi connectivity index (χ2n) is 8.73. The van der Waals surface area contributed by atoms with Crippen LogP contribution in [-0.4, -0.2) is 36.2 Å². The molecule has 1 heterocycles. The first-order valence-electron chi connectivity index (χ1n) is 12.3. The van der Waals surface area contributed by atoms with Gasteiger partial charge in [-0.25, -0.2) is 0 Å². The van der Waals surface area contributed by atoms with Crippen molar-refractivity contribution in [2.45, 2.75) is 110 Å². The number of hydrogen-bond donors (Lipinski definition) is 2. The molecule has 0 aliphatic carbocycles. The van der Waals surface area contributed by atoms with Crippen molar-refractivity contribution < 1.29 is 9.28 Å². The number of carbonyl (C=O) groups excluding carboxylic acids is 1. The molecule has 0 saturated heterocycles. The van der Waals surface area contributed by atoms with Gasteiger partial charge in [0, 0.05) is 13.3 Å². The Balaban J connectivity index is 1.99. The van der Waals surface area contributed by atoms with Crippen molar-refractivity contribution in [3.8, 4) is 0 Å². The number of nitrogens with zero attached hydrogens (tertiary/aromatic N) is 1. The molecular formula is C25H48N3O+. The molecule has 0 saturated carbocycles. The van der Waals surface area contributed by atoms with Gasteiger partial charge in [0.15, 0.2) is 6.17 Å². The summed E-state index contributed by atoms with van der Waals surface area (Å²) in [5.41, 5.74) is 0. The first-order chi connectivity index (χ1) is 14.1. The third-order valence-electron chi connectivity index (χ3n) is 6.41. The summed E-state index contributed by atoms with van der Waals surface area (Å²) in [7, 11) is 0. The van der Waals surface area contributed by atoms with Crippen molar-refractivity contribution >= 4 is 5.91 Å². The van der Waals surface area contributed by atoms with Crippen LogP contribution in [0.25, 0.3) is 0 Å². The maximum atomic E-state index is 11.2. The first-order valence-corrected chi connectivity index (χ1v) is 12.3. The van der Waals surface area contributed by atoms with Crippen LogP contribution >= 0.6 is 0 Å². The fourth-order valence-corrected chi connectivity index (χ4v) is 4.44. The van der Waals surface area contributed by atoms with Crippen molar-refractivity contribution in [2.75, 3.05) is 19.6 Å². The molecule has 0 bridgehead atoms. The number of amides is 1. The summed E-state index contributed by atoms with van der Waals surface area (Å²) < 4.78 is 0.952. The lowest BCUT2D eigenvalue weighted by Crippen LogP contribution is -2.55. The maximum Gasteiger partial charge on any atom is 0.217 e. The smallest absolute Gasteiger partial charge is 0.217 e. The number of hydrogen-bond acceptors (Lipinski definition) is 2. The molecule has 29 heavy (non-hydrogen) atoms. The average Bonchev–Trinajstić information content (AvgIpc) is 3.11. The zero-order chi connectivity index (χ0) is 21.2. The lowest BCUT2D eigenvalue weighted by Gasteiger charge is -2.37. The molecule has 1 amide bonds. The van der Waals surface area contributed by atoms with E-state index < -0.39 is 0 Å². The van der Waals surface area contributed by atoms with Crippen molar-refractivity contribution in [1.82, 2.24) is 10.6 Å². The molecule has 1 aliphatic heterocycles. The Hall–Kier alpha value is -1.29. The molecule has 1 rings (SSSR count). The van der Waals surface area contributed by atoms with Crippen molar-refractivity contribution in [3.63, 3.8) is 0 Å². The van der Waals surface area contributed by atoms with E-state index in [0.29, 0.717) is 6.17 Å². The van der Waals surface area contributed by atoms with Gasteiger partial charge in [-0.2, -0.15) is 0 Å². The molecule has 1 aliphatic rings. The van der Waals surface area contributed by atoms with Gasteiger partial charge in [-0.05, 0) is 26.2 Å². The van der Waals surface area contributed by atoms with Crippen LogP contribution in [0.15, 0.2) is 25.1 Å². The van der Waals surface area contributed by atoms with Gasteiger partial charge < -0.3 is 10.6 Å². The van der Waals surface area contributed by atoms with Gasteiger partial charge >= 0.3 is 0 Å². The van der Waals surface area contributed by atoms with Crippen LogP contribution in [0.5, 0.6) is 0 Å². The van der Waals surface area contributed by atoms with E-state index in [1.165, 1.54) is 89.9 Å². The molecule has 4 heteroatoms. The maximum absolute atomic E-state index is 11.2. The minimum Gasteiger partial charge on any atom is -0.351 e. The van der Waals surface area contributed by atoms with Gasteiger partial charge in [-0.1, -0.05) is 70.3 Å². The number of rotatable bonds is 19. The molecule has 0 aromatic carbocycles. The lowest BCUT2D eigenvalue weighted by atomic mass is 10.0. The van der Waals surface area contributed by atoms with Crippen LogP contribution < -0.4 is 10.6 Å². The lowest BCUT2D eigenvalue weighted by molar-refractivity contribution is -0.898. The Bertz CT molecular complexity index is 463. The van der Waals surface area contributed by atoms with Crippen LogP contribution in [0, 0.1) is 0 Å². The summed E-state index contributed by atoms with van der Waals surface area (Å²) in [6.45, 7) is 10.4. The summed E-state index contributed by atoms with van der Waals surface area (Å²) >= 11 is 0. The molecule has 0 aromatic heterocycles. The van der Waals surface area contributed by atoms with Gasteiger partial charge in [0.1, 0.15) is 12.7 Å². The zero-order valence-corrected chi connectivity index (χ0v) is 19.4. The molecule has 0 radical (unpaired) electrons. The minimum absolute atomic E-state index is 0.0652. The normalized spacial score (nSPS) is 20.6. The van der Waals surface area contributed by atoms with E-state index in [9.17, 15) is 4.79 Å². The molecule has 0 spiro atoms. The van der Waals surface area contributed by atoms with Crippen molar-refractivity contribution in [3.05, 3.63) is 25.1 Å². The van der Waals surface area contributed by atoms with Crippen LogP contribution in [-0.2, 0) is 4.79 Å². The fourth-order valence-electron chi connectivity index (χ4n) is 4.44. The average molecular weight is 407 g/mol. The Morgan fingerprint density at radius 1 is 1.00 bits per heavy atom. The van der Waals surface area contributed by atoms with Crippen molar-refractivity contribution in [2.24, 2.45) is 0 Å². The number of likely N-dealkylation sites (N-methyl/N-ethyl adjacent to an activating group) is 1. The number of quaternary nitrogens is 1. The highest BCUT2D eigenvalue weighted by atomic mass is 16.1. The van der Waals surface area contributed by atoms with E-state index in [1.54, 1.807) is 6.92 Å². The second-order valence-corrected chi connectivity index (χ2v) is 8.73. The Morgan fingerprint density at radius 2 is 1.55 bits per heavy atom. The standard InChI is InChI=1S/C25H47N3O/c1-4-6-7-8-9-10-11-12-13-14-15-16-17-18-19-25-27-21-23-28(25,5-2)22-20-26-24(3)29/h4,21,23,25,27H,1,5-20,22H2,2-3H3/p+1. The molecule has 168 valence electrons. The van der Waals surface area contributed by atoms with Gasteiger partial charge in [0.2, 0.25) is 5.91 Å². The summed E-state index contributed by atoms with van der Waals surface area (Å²) in [6, 6.07) is 0. The van der Waals surface area contributed by atoms with Crippen LogP contribution in [0.1, 0.15) is 104 Å². The molecule has 0 aromatic rings. The highest BCUT2D eigenvalue weighted by molar-refractivity contribution is 5.72. The monoisotopic (exact) mass is 406 g/mol. The highest BCUT2D eigenvalue weighted by Crippen LogP contribution is 2.23. The zero-order valence-electron chi connectivity index (χ0n) is 19.4. The Morgan fingerprint density at radius 3 is 2.07 bits per heavy atom. The molecular weight excluding hydrogens is 358 g/mol. The highest BCUT2D eigenvalue weighted by Gasteiger charge is 2.36. The van der Waals surface area contributed by atoms with E-state index in [2.05, 4.69) is 36.5 Å². The first kappa shape index (κ1) is 25.7. The van der Waals surface area contributed by atoms with Crippen LogP contribution in [0.2, 0.25) is 0 Å². The Labute approximate surface area is 180 Å². The van der Waals surface area contributed by atoms with E-state index >= 15 is 0 Å². The number of allylic oxidation sites excluding steroid dienone is 1. The number of nitrogens with one attached hydrogen (secondary N) is 2. The number of carbonyl (C=O) groups is 1. The van der Waals surface area contributed by atoms with E-state index in [-0.39, 0.29) is 5.91 Å². The largest absolute Gasteiger partial charge is 0.351 e. The predicted octanol–water partition coefficient (Wildman–Crippen LogP) is 6.01. The van der Waals surface area contributed by atoms with E-state index in [0.717, 1.165) is 24.1 Å². The second kappa shape index (κ2) is 16.5. The molecule has 0 fully saturated rings. The van der Waals surface area contributed by atoms with Gasteiger partial charge in [-0.3, -0.25) is 9.28 Å². The topological polar surface area (TPSA) is 41.1 Å². The number of unbranched alkanes of at least 4 members (excludes halogenated alkanes) is 12. The van der Waals surface area contributed by atoms with Gasteiger partial charge in [0.05, 0.1) is 19.3 Å². The van der Waals surface area contributed by atoms with Crippen LogP contribution in [0.4, 0.5) is 0 Å². The van der Waals surface area contributed by atoms with Gasteiger partial charge in [0.25, 0.3) is 0 Å². The van der Waals surface area contributed by atoms with E-state index in [1.807, 2.05) is 6.08 Å².